The molecule has 0 bridgehead atoms. The number of nitrogens with one attached hydrogen (secondary N) is 1. The van der Waals surface area contributed by atoms with Crippen LogP contribution < -0.4 is 5.32 Å². The van der Waals surface area contributed by atoms with Gasteiger partial charge in [-0.05, 0) is 55.0 Å². The number of thiazole rings is 1. The molecule has 0 unspecified atom stereocenters. The topological polar surface area (TPSA) is 67.8 Å². The van der Waals surface area contributed by atoms with Gasteiger partial charge in [0.15, 0.2) is 5.78 Å². The molecule has 0 amide bonds. The molecule has 3 aromatic carbocycles. The van der Waals surface area contributed by atoms with Gasteiger partial charge >= 0.3 is 0 Å². The van der Waals surface area contributed by atoms with Gasteiger partial charge < -0.3 is 5.32 Å². The summed E-state index contributed by atoms with van der Waals surface area (Å²) in [5, 5.41) is 3.80. The van der Waals surface area contributed by atoms with Crippen molar-refractivity contribution in [1.82, 2.24) is 15.0 Å². The van der Waals surface area contributed by atoms with E-state index >= 15 is 0 Å². The Morgan fingerprint density at radius 2 is 1.68 bits per heavy atom. The molecule has 0 fully saturated rings. The highest BCUT2D eigenvalue weighted by molar-refractivity contribution is 7.15. The van der Waals surface area contributed by atoms with Gasteiger partial charge in [-0.2, -0.15) is 0 Å². The van der Waals surface area contributed by atoms with Crippen molar-refractivity contribution >= 4 is 28.8 Å². The van der Waals surface area contributed by atoms with Crippen LogP contribution in [-0.2, 0) is 6.42 Å². The minimum atomic E-state index is -0.884. The number of carbonyl (C=O) groups excluding carboxylic acids is 1. The highest BCUT2D eigenvalue weighted by Crippen LogP contribution is 2.36. The highest BCUT2D eigenvalue weighted by atomic mass is 32.1. The van der Waals surface area contributed by atoms with E-state index in [0.717, 1.165) is 27.6 Å². The normalized spacial score (nSPS) is 10.9. The van der Waals surface area contributed by atoms with E-state index in [9.17, 15) is 18.0 Å². The molecule has 0 aliphatic heterocycles. The number of hydrogen-bond donors (Lipinski definition) is 1. The fourth-order valence-electron chi connectivity index (χ4n) is 3.90. The lowest BCUT2D eigenvalue weighted by Crippen LogP contribution is -2.09. The van der Waals surface area contributed by atoms with Gasteiger partial charge in [0, 0.05) is 23.9 Å². The summed E-state index contributed by atoms with van der Waals surface area (Å²) < 4.78 is 41.7. The van der Waals surface area contributed by atoms with Gasteiger partial charge in [0.1, 0.15) is 17.5 Å². The number of hydrogen-bond acceptors (Lipinski definition) is 6. The molecule has 5 nitrogen and oxygen atoms in total. The van der Waals surface area contributed by atoms with E-state index in [1.807, 2.05) is 13.0 Å². The van der Waals surface area contributed by atoms with E-state index < -0.39 is 23.0 Å². The van der Waals surface area contributed by atoms with Crippen LogP contribution in [0.5, 0.6) is 0 Å². The zero-order valence-electron chi connectivity index (χ0n) is 19.5. The first-order valence-corrected chi connectivity index (χ1v) is 12.1. The summed E-state index contributed by atoms with van der Waals surface area (Å²) in [4.78, 5) is 26.9. The predicted octanol–water partition coefficient (Wildman–Crippen LogP) is 7.16. The van der Waals surface area contributed by atoms with Crippen molar-refractivity contribution in [3.63, 3.8) is 0 Å². The summed E-state index contributed by atoms with van der Waals surface area (Å²) in [5.74, 6) is -2.50. The number of nitrogens with zero attached hydrogens (tertiary/aromatic N) is 3. The van der Waals surface area contributed by atoms with E-state index in [2.05, 4.69) is 20.3 Å². The second kappa shape index (κ2) is 10.3. The van der Waals surface area contributed by atoms with E-state index in [1.165, 1.54) is 29.5 Å². The summed E-state index contributed by atoms with van der Waals surface area (Å²) in [6.45, 7) is 1.87. The number of aromatic nitrogens is 3. The van der Waals surface area contributed by atoms with E-state index in [-0.39, 0.29) is 12.2 Å². The monoisotopic (exact) mass is 516 g/mol. The largest absolute Gasteiger partial charge is 0.324 e. The molecule has 0 saturated heterocycles. The third-order valence-corrected chi connectivity index (χ3v) is 6.50. The summed E-state index contributed by atoms with van der Waals surface area (Å²) >= 11 is 1.45. The molecular weight excluding hydrogens is 497 g/mol. The summed E-state index contributed by atoms with van der Waals surface area (Å²) in [7, 11) is 0. The maximum Gasteiger partial charge on any atom is 0.227 e. The van der Waals surface area contributed by atoms with Crippen LogP contribution in [0, 0.1) is 24.4 Å². The fraction of sp³-hybridized carbons (Fsp3) is 0.0714. The quantitative estimate of drug-likeness (QED) is 0.233. The Bertz CT molecular complexity index is 1600. The van der Waals surface area contributed by atoms with Crippen LogP contribution in [0.2, 0.25) is 0 Å². The predicted molar refractivity (Wildman–Crippen MR) is 137 cm³/mol. The van der Waals surface area contributed by atoms with Crippen molar-refractivity contribution in [2.45, 2.75) is 13.3 Å². The lowest BCUT2D eigenvalue weighted by atomic mass is 9.99. The molecule has 0 radical (unpaired) electrons. The molecular formula is C28H19F3N4OS. The number of benzene rings is 3. The summed E-state index contributed by atoms with van der Waals surface area (Å²) in [6, 6.07) is 18.2. The molecule has 0 spiro atoms. The Balaban J connectivity index is 1.45. The number of rotatable bonds is 7. The standard InChI is InChI=1S/C28H19F3N4OS/c1-16-33-26(18-6-2-5-17(13-18)14-24(36)25-21(30)9-4-10-22(25)31)27(37-16)23-11-12-32-28(35-23)34-20-8-3-7-19(29)15-20/h2-13,15H,14H2,1H3,(H,32,34,35). The lowest BCUT2D eigenvalue weighted by Gasteiger charge is -2.08. The zero-order chi connectivity index (χ0) is 25.9. The Kier molecular flexibility index (Phi) is 6.78. The van der Waals surface area contributed by atoms with Crippen molar-refractivity contribution < 1.29 is 18.0 Å². The first kappa shape index (κ1) is 24.3. The number of aryl methyl sites for hydroxylation is 1. The van der Waals surface area contributed by atoms with Gasteiger partial charge in [-0.25, -0.2) is 28.1 Å². The molecule has 37 heavy (non-hydrogen) atoms. The van der Waals surface area contributed by atoms with Crippen molar-refractivity contribution in [2.75, 3.05) is 5.32 Å². The van der Waals surface area contributed by atoms with Crippen LogP contribution in [0.1, 0.15) is 20.9 Å². The molecule has 2 heterocycles. The molecule has 1 N–H and O–H groups in total. The molecule has 0 aliphatic rings. The Labute approximate surface area is 214 Å². The van der Waals surface area contributed by atoms with E-state index in [1.54, 1.807) is 42.6 Å². The van der Waals surface area contributed by atoms with Crippen LogP contribution in [-0.4, -0.2) is 20.7 Å². The fourth-order valence-corrected chi connectivity index (χ4v) is 4.81. The average molecular weight is 517 g/mol. The SMILES string of the molecule is Cc1nc(-c2cccc(CC(=O)c3c(F)cccc3F)c2)c(-c2ccnc(Nc3cccc(F)c3)n2)s1. The minimum absolute atomic E-state index is 0.167. The average Bonchev–Trinajstić information content (AvgIpc) is 3.26. The molecule has 184 valence electrons. The van der Waals surface area contributed by atoms with Gasteiger partial charge in [-0.1, -0.05) is 30.3 Å². The number of ketones is 1. The van der Waals surface area contributed by atoms with Crippen molar-refractivity contribution in [3.05, 3.63) is 113 Å². The maximum atomic E-state index is 14.1. The first-order chi connectivity index (χ1) is 17.9. The summed E-state index contributed by atoms with van der Waals surface area (Å²) in [6.07, 6.45) is 1.43. The number of anilines is 2. The number of halogens is 3. The van der Waals surface area contributed by atoms with Gasteiger partial charge in [0.05, 0.1) is 26.8 Å². The molecule has 0 atom stereocenters. The van der Waals surface area contributed by atoms with Crippen molar-refractivity contribution in [1.29, 1.82) is 0 Å². The molecule has 5 aromatic rings. The molecule has 0 saturated carbocycles. The number of Topliss-reactive ketones (excluding diaryl/α,β-unsaturated/α-hetero) is 1. The number of carbonyl (C=O) groups is 1. The van der Waals surface area contributed by atoms with Crippen LogP contribution in [0.25, 0.3) is 21.8 Å². The maximum absolute atomic E-state index is 14.1. The third-order valence-electron chi connectivity index (χ3n) is 5.51. The lowest BCUT2D eigenvalue weighted by molar-refractivity contribution is 0.0985. The highest BCUT2D eigenvalue weighted by Gasteiger charge is 2.19. The second-order valence-corrected chi connectivity index (χ2v) is 9.41. The Morgan fingerprint density at radius 1 is 0.919 bits per heavy atom. The van der Waals surface area contributed by atoms with Crippen molar-refractivity contribution in [2.24, 2.45) is 0 Å². The second-order valence-electron chi connectivity index (χ2n) is 8.21. The first-order valence-electron chi connectivity index (χ1n) is 11.3. The minimum Gasteiger partial charge on any atom is -0.324 e. The van der Waals surface area contributed by atoms with Gasteiger partial charge in [-0.15, -0.1) is 11.3 Å². The molecule has 2 aromatic heterocycles. The van der Waals surface area contributed by atoms with Crippen LogP contribution in [0.4, 0.5) is 24.8 Å². The zero-order valence-corrected chi connectivity index (χ0v) is 20.3. The van der Waals surface area contributed by atoms with Gasteiger partial charge in [0.2, 0.25) is 5.95 Å². The molecule has 0 aliphatic carbocycles. The smallest absolute Gasteiger partial charge is 0.227 e. The Hall–Kier alpha value is -4.37. The van der Waals surface area contributed by atoms with Crippen molar-refractivity contribution in [3.8, 4) is 21.8 Å². The van der Waals surface area contributed by atoms with Crippen LogP contribution in [0.3, 0.4) is 0 Å². The third kappa shape index (κ3) is 5.41. The Morgan fingerprint density at radius 3 is 2.46 bits per heavy atom. The van der Waals surface area contributed by atoms with Crippen LogP contribution >= 0.6 is 11.3 Å². The van der Waals surface area contributed by atoms with E-state index in [4.69, 9.17) is 0 Å². The summed E-state index contributed by atoms with van der Waals surface area (Å²) in [5.41, 5.74) is 2.57. The van der Waals surface area contributed by atoms with E-state index in [0.29, 0.717) is 28.6 Å². The van der Waals surface area contributed by atoms with Crippen LogP contribution in [0.15, 0.2) is 79.0 Å². The molecule has 5 rings (SSSR count). The van der Waals surface area contributed by atoms with Gasteiger partial charge in [0.25, 0.3) is 0 Å². The molecule has 9 heteroatoms. The van der Waals surface area contributed by atoms with Gasteiger partial charge in [-0.3, -0.25) is 4.79 Å².